The molecule has 17 heavy (non-hydrogen) atoms. The molecule has 2 aromatic rings. The number of nitrogens with one attached hydrogen (secondary N) is 1. The first-order chi connectivity index (χ1) is 8.22. The van der Waals surface area contributed by atoms with E-state index in [-0.39, 0.29) is 17.6 Å². The number of benzene rings is 1. The Balaban J connectivity index is 2.53. The van der Waals surface area contributed by atoms with E-state index in [1.54, 1.807) is 12.1 Å². The van der Waals surface area contributed by atoms with Gasteiger partial charge in [-0.3, -0.25) is 4.79 Å². The van der Waals surface area contributed by atoms with Crippen LogP contribution in [0.25, 0.3) is 10.9 Å². The Hall–Kier alpha value is -2.12. The third-order valence-corrected chi connectivity index (χ3v) is 2.45. The summed E-state index contributed by atoms with van der Waals surface area (Å²) in [6.45, 7) is -0.0346. The molecule has 5 heteroatoms. The molecule has 1 aromatic heterocycles. The molecule has 0 aliphatic heterocycles. The summed E-state index contributed by atoms with van der Waals surface area (Å²) in [6.07, 6.45) is 0. The molecule has 0 aliphatic rings. The lowest BCUT2D eigenvalue weighted by molar-refractivity contribution is 0.0960. The topological polar surface area (TPSA) is 65.8 Å². The lowest BCUT2D eigenvalue weighted by Crippen LogP contribution is -2.23. The van der Waals surface area contributed by atoms with Crippen LogP contribution in [0, 0.1) is 11.3 Å². The Labute approximate surface area is 103 Å². The summed E-state index contributed by atoms with van der Waals surface area (Å²) in [5, 5.41) is 11.9. The molecule has 4 nitrogen and oxygen atoms in total. The van der Waals surface area contributed by atoms with E-state index in [0.717, 1.165) is 0 Å². The van der Waals surface area contributed by atoms with Crippen molar-refractivity contribution in [1.29, 1.82) is 5.26 Å². The molecule has 1 heterocycles. The van der Waals surface area contributed by atoms with Gasteiger partial charge >= 0.3 is 0 Å². The van der Waals surface area contributed by atoms with Crippen molar-refractivity contribution >= 4 is 28.4 Å². The van der Waals surface area contributed by atoms with Gasteiger partial charge in [-0.1, -0.05) is 29.8 Å². The molecule has 2 rings (SSSR count). The molecule has 0 saturated heterocycles. The van der Waals surface area contributed by atoms with Gasteiger partial charge in [-0.05, 0) is 12.1 Å². The molecular formula is C12H8ClN3O. The molecule has 0 aliphatic carbocycles. The third kappa shape index (κ3) is 2.35. The van der Waals surface area contributed by atoms with Crippen LogP contribution in [0.4, 0.5) is 0 Å². The van der Waals surface area contributed by atoms with Crippen LogP contribution in [0.5, 0.6) is 0 Å². The van der Waals surface area contributed by atoms with Gasteiger partial charge in [0.1, 0.15) is 11.7 Å². The maximum Gasteiger partial charge on any atom is 0.252 e. The number of aromatic nitrogens is 1. The molecule has 0 saturated carbocycles. The van der Waals surface area contributed by atoms with E-state index >= 15 is 0 Å². The number of amides is 1. The van der Waals surface area contributed by atoms with Crippen molar-refractivity contribution in [3.05, 3.63) is 41.0 Å². The molecule has 0 bridgehead atoms. The molecule has 84 valence electrons. The molecule has 0 spiro atoms. The number of pyridine rings is 1. The van der Waals surface area contributed by atoms with E-state index < -0.39 is 0 Å². The first kappa shape index (κ1) is 11.4. The van der Waals surface area contributed by atoms with Crippen LogP contribution >= 0.6 is 11.6 Å². The van der Waals surface area contributed by atoms with Gasteiger partial charge in [-0.25, -0.2) is 4.98 Å². The summed E-state index contributed by atoms with van der Waals surface area (Å²) in [5.41, 5.74) is 1.08. The van der Waals surface area contributed by atoms with Crippen LogP contribution in [-0.2, 0) is 0 Å². The summed E-state index contributed by atoms with van der Waals surface area (Å²) in [5.74, 6) is -0.327. The number of hydrogen-bond acceptors (Lipinski definition) is 3. The molecular weight excluding hydrogens is 238 g/mol. The van der Waals surface area contributed by atoms with Crippen molar-refractivity contribution < 1.29 is 4.79 Å². The number of carbonyl (C=O) groups excluding carboxylic acids is 1. The van der Waals surface area contributed by atoms with Crippen LogP contribution in [0.1, 0.15) is 10.4 Å². The van der Waals surface area contributed by atoms with Crippen molar-refractivity contribution in [2.45, 2.75) is 0 Å². The van der Waals surface area contributed by atoms with E-state index in [9.17, 15) is 4.79 Å². The van der Waals surface area contributed by atoms with E-state index in [4.69, 9.17) is 16.9 Å². The number of carbonyl (C=O) groups is 1. The first-order valence-corrected chi connectivity index (χ1v) is 5.30. The minimum atomic E-state index is -0.327. The highest BCUT2D eigenvalue weighted by molar-refractivity contribution is 6.30. The van der Waals surface area contributed by atoms with Gasteiger partial charge < -0.3 is 5.32 Å². The van der Waals surface area contributed by atoms with E-state index in [0.29, 0.717) is 16.5 Å². The Morgan fingerprint density at radius 3 is 3.00 bits per heavy atom. The van der Waals surface area contributed by atoms with Crippen molar-refractivity contribution in [1.82, 2.24) is 10.3 Å². The maximum absolute atomic E-state index is 11.8. The largest absolute Gasteiger partial charge is 0.339 e. The Morgan fingerprint density at radius 2 is 2.24 bits per heavy atom. The van der Waals surface area contributed by atoms with E-state index in [1.807, 2.05) is 18.2 Å². The van der Waals surface area contributed by atoms with Crippen LogP contribution in [-0.4, -0.2) is 17.4 Å². The monoisotopic (exact) mass is 245 g/mol. The smallest absolute Gasteiger partial charge is 0.252 e. The molecule has 1 amide bonds. The van der Waals surface area contributed by atoms with Gasteiger partial charge in [0, 0.05) is 5.39 Å². The van der Waals surface area contributed by atoms with Gasteiger partial charge in [0.2, 0.25) is 0 Å². The van der Waals surface area contributed by atoms with Crippen LogP contribution in [0.2, 0.25) is 5.15 Å². The van der Waals surface area contributed by atoms with Crippen LogP contribution in [0.15, 0.2) is 30.3 Å². The zero-order chi connectivity index (χ0) is 12.3. The molecule has 0 unspecified atom stereocenters. The van der Waals surface area contributed by atoms with E-state index in [1.165, 1.54) is 6.07 Å². The van der Waals surface area contributed by atoms with Gasteiger partial charge in [0.15, 0.2) is 0 Å². The summed E-state index contributed by atoms with van der Waals surface area (Å²) in [7, 11) is 0. The fourth-order valence-electron chi connectivity index (χ4n) is 1.55. The highest BCUT2D eigenvalue weighted by atomic mass is 35.5. The minimum absolute atomic E-state index is 0.0346. The lowest BCUT2D eigenvalue weighted by atomic mass is 10.1. The highest BCUT2D eigenvalue weighted by Gasteiger charge is 2.11. The Bertz CT molecular complexity index is 619. The number of fused-ring (bicyclic) bond motifs is 1. The Kier molecular flexibility index (Phi) is 3.22. The Morgan fingerprint density at radius 1 is 1.47 bits per heavy atom. The molecule has 0 fully saturated rings. The predicted molar refractivity (Wildman–Crippen MR) is 64.7 cm³/mol. The summed E-state index contributed by atoms with van der Waals surface area (Å²) >= 11 is 5.85. The zero-order valence-corrected chi connectivity index (χ0v) is 9.53. The summed E-state index contributed by atoms with van der Waals surface area (Å²) in [6, 6.07) is 10.6. The number of para-hydroxylation sites is 1. The summed E-state index contributed by atoms with van der Waals surface area (Å²) < 4.78 is 0. The third-order valence-electron chi connectivity index (χ3n) is 2.26. The van der Waals surface area contributed by atoms with Crippen molar-refractivity contribution in [2.24, 2.45) is 0 Å². The second kappa shape index (κ2) is 4.81. The fourth-order valence-corrected chi connectivity index (χ4v) is 1.75. The summed E-state index contributed by atoms with van der Waals surface area (Å²) in [4.78, 5) is 15.9. The normalized spacial score (nSPS) is 9.88. The van der Waals surface area contributed by atoms with Crippen molar-refractivity contribution in [2.75, 3.05) is 6.54 Å². The van der Waals surface area contributed by atoms with Crippen LogP contribution in [0.3, 0.4) is 0 Å². The first-order valence-electron chi connectivity index (χ1n) is 4.93. The molecule has 1 N–H and O–H groups in total. The van der Waals surface area contributed by atoms with E-state index in [2.05, 4.69) is 10.3 Å². The highest BCUT2D eigenvalue weighted by Crippen LogP contribution is 2.20. The quantitative estimate of drug-likeness (QED) is 0.651. The average molecular weight is 246 g/mol. The lowest BCUT2D eigenvalue weighted by Gasteiger charge is -2.06. The number of rotatable bonds is 2. The second-order valence-electron chi connectivity index (χ2n) is 3.35. The van der Waals surface area contributed by atoms with Gasteiger partial charge in [-0.2, -0.15) is 5.26 Å². The van der Waals surface area contributed by atoms with Gasteiger partial charge in [-0.15, -0.1) is 0 Å². The number of hydrogen-bond donors (Lipinski definition) is 1. The van der Waals surface area contributed by atoms with Gasteiger partial charge in [0.05, 0.1) is 17.1 Å². The minimum Gasteiger partial charge on any atom is -0.339 e. The second-order valence-corrected chi connectivity index (χ2v) is 3.74. The molecule has 1 aromatic carbocycles. The number of nitriles is 1. The molecule has 0 atom stereocenters. The maximum atomic E-state index is 11.8. The van der Waals surface area contributed by atoms with Crippen molar-refractivity contribution in [3.8, 4) is 6.07 Å². The predicted octanol–water partition coefficient (Wildman–Crippen LogP) is 2.14. The average Bonchev–Trinajstić information content (AvgIpc) is 2.34. The number of halogens is 1. The fraction of sp³-hybridized carbons (Fsp3) is 0.0833. The number of nitrogens with zero attached hydrogens (tertiary/aromatic N) is 2. The van der Waals surface area contributed by atoms with Crippen LogP contribution < -0.4 is 5.32 Å². The van der Waals surface area contributed by atoms with Crippen molar-refractivity contribution in [3.63, 3.8) is 0 Å². The zero-order valence-electron chi connectivity index (χ0n) is 8.77. The van der Waals surface area contributed by atoms with Gasteiger partial charge in [0.25, 0.3) is 5.91 Å². The SMILES string of the molecule is N#CCNC(=O)c1cc(Cl)nc2ccccc12. The molecule has 0 radical (unpaired) electrons. The standard InChI is InChI=1S/C12H8ClN3O/c13-11-7-9(12(17)15-6-5-14)8-3-1-2-4-10(8)16-11/h1-4,7H,6H2,(H,15,17).